The van der Waals surface area contributed by atoms with E-state index in [9.17, 15) is 15.0 Å². The molecule has 0 fully saturated rings. The van der Waals surface area contributed by atoms with Gasteiger partial charge in [-0.15, -0.1) is 0 Å². The summed E-state index contributed by atoms with van der Waals surface area (Å²) in [6, 6.07) is 0. The van der Waals surface area contributed by atoms with Gasteiger partial charge >= 0.3 is 5.97 Å². The van der Waals surface area contributed by atoms with Crippen LogP contribution >= 0.6 is 0 Å². The van der Waals surface area contributed by atoms with E-state index >= 15 is 0 Å². The van der Waals surface area contributed by atoms with Gasteiger partial charge in [-0.25, -0.2) is 0 Å². The number of carboxylic acid groups (broad SMARTS) is 1. The molecular formula is C15H26O4. The van der Waals surface area contributed by atoms with Crippen LogP contribution in [0.4, 0.5) is 0 Å². The quantitative estimate of drug-likeness (QED) is 0.444. The van der Waals surface area contributed by atoms with E-state index in [1.807, 2.05) is 6.08 Å². The van der Waals surface area contributed by atoms with E-state index in [0.717, 1.165) is 18.4 Å². The van der Waals surface area contributed by atoms with Crippen molar-refractivity contribution in [2.24, 2.45) is 5.92 Å². The molecular weight excluding hydrogens is 244 g/mol. The van der Waals surface area contributed by atoms with Gasteiger partial charge in [0.25, 0.3) is 0 Å². The van der Waals surface area contributed by atoms with Gasteiger partial charge in [-0.3, -0.25) is 4.79 Å². The van der Waals surface area contributed by atoms with Crippen molar-refractivity contribution in [3.63, 3.8) is 0 Å². The third kappa shape index (κ3) is 5.33. The molecule has 0 radical (unpaired) electrons. The SMILES string of the molecule is CCCCCCCC(O)C1=CCC(O)C1CC(=O)O. The summed E-state index contributed by atoms with van der Waals surface area (Å²) in [6.45, 7) is 2.16. The number of unbranched alkanes of at least 4 members (excludes halogenated alkanes) is 4. The Labute approximate surface area is 115 Å². The first-order valence-corrected chi connectivity index (χ1v) is 7.34. The van der Waals surface area contributed by atoms with Gasteiger partial charge in [-0.2, -0.15) is 0 Å². The topological polar surface area (TPSA) is 77.8 Å². The fraction of sp³-hybridized carbons (Fsp3) is 0.800. The summed E-state index contributed by atoms with van der Waals surface area (Å²) in [5, 5.41) is 28.8. The molecule has 0 aromatic heterocycles. The Kier molecular flexibility index (Phi) is 7.10. The van der Waals surface area contributed by atoms with Crippen LogP contribution in [-0.4, -0.2) is 33.5 Å². The first-order valence-electron chi connectivity index (χ1n) is 7.34. The second kappa shape index (κ2) is 8.33. The summed E-state index contributed by atoms with van der Waals surface area (Å²) in [7, 11) is 0. The van der Waals surface area contributed by atoms with Crippen LogP contribution in [0.25, 0.3) is 0 Å². The molecule has 4 nitrogen and oxygen atoms in total. The van der Waals surface area contributed by atoms with Gasteiger partial charge < -0.3 is 15.3 Å². The summed E-state index contributed by atoms with van der Waals surface area (Å²) in [6.07, 6.45) is 7.25. The number of carbonyl (C=O) groups is 1. The standard InChI is InChI=1S/C15H26O4/c1-2-3-4-5-6-7-13(16)11-8-9-14(17)12(11)10-15(18)19/h8,12-14,16-17H,2-7,9-10H2,1H3,(H,18,19). The third-order valence-corrected chi connectivity index (χ3v) is 3.85. The van der Waals surface area contributed by atoms with Crippen LogP contribution in [0.5, 0.6) is 0 Å². The highest BCUT2D eigenvalue weighted by Gasteiger charge is 2.33. The van der Waals surface area contributed by atoms with Crippen LogP contribution in [0.2, 0.25) is 0 Å². The summed E-state index contributed by atoms with van der Waals surface area (Å²) >= 11 is 0. The molecule has 0 saturated heterocycles. The van der Waals surface area contributed by atoms with Crippen molar-refractivity contribution >= 4 is 5.97 Å². The Morgan fingerprint density at radius 1 is 1.37 bits per heavy atom. The summed E-state index contributed by atoms with van der Waals surface area (Å²) < 4.78 is 0. The number of hydrogen-bond donors (Lipinski definition) is 3. The van der Waals surface area contributed by atoms with Crippen molar-refractivity contribution in [3.8, 4) is 0 Å². The molecule has 0 aliphatic heterocycles. The van der Waals surface area contributed by atoms with Gasteiger partial charge in [-0.05, 0) is 18.4 Å². The van der Waals surface area contributed by atoms with Gasteiger partial charge in [0.05, 0.1) is 18.6 Å². The van der Waals surface area contributed by atoms with Crippen LogP contribution in [0.15, 0.2) is 11.6 Å². The van der Waals surface area contributed by atoms with Crippen LogP contribution in [-0.2, 0) is 4.79 Å². The zero-order valence-corrected chi connectivity index (χ0v) is 11.7. The number of hydrogen-bond acceptors (Lipinski definition) is 3. The van der Waals surface area contributed by atoms with Crippen molar-refractivity contribution in [1.82, 2.24) is 0 Å². The van der Waals surface area contributed by atoms with Gasteiger partial charge in [0.15, 0.2) is 0 Å². The molecule has 0 heterocycles. The van der Waals surface area contributed by atoms with Crippen molar-refractivity contribution in [3.05, 3.63) is 11.6 Å². The zero-order chi connectivity index (χ0) is 14.3. The minimum atomic E-state index is -0.924. The molecule has 0 saturated carbocycles. The number of aliphatic carboxylic acids is 1. The fourth-order valence-corrected chi connectivity index (χ4v) is 2.73. The molecule has 1 aliphatic carbocycles. The molecule has 0 bridgehead atoms. The zero-order valence-electron chi connectivity index (χ0n) is 11.7. The Balaban J connectivity index is 2.37. The first-order chi connectivity index (χ1) is 9.06. The maximum Gasteiger partial charge on any atom is 0.304 e. The monoisotopic (exact) mass is 270 g/mol. The minimum absolute atomic E-state index is 0.0973. The lowest BCUT2D eigenvalue weighted by atomic mass is 9.90. The van der Waals surface area contributed by atoms with Crippen LogP contribution in [0, 0.1) is 5.92 Å². The summed E-state index contributed by atoms with van der Waals surface area (Å²) in [4.78, 5) is 10.8. The fourth-order valence-electron chi connectivity index (χ4n) is 2.73. The van der Waals surface area contributed by atoms with Crippen LogP contribution in [0.1, 0.15) is 58.3 Å². The van der Waals surface area contributed by atoms with Crippen LogP contribution < -0.4 is 0 Å². The maximum absolute atomic E-state index is 10.8. The Morgan fingerprint density at radius 2 is 2.05 bits per heavy atom. The molecule has 1 rings (SSSR count). The molecule has 0 amide bonds. The Hall–Kier alpha value is -0.870. The smallest absolute Gasteiger partial charge is 0.304 e. The number of carboxylic acids is 1. The van der Waals surface area contributed by atoms with Crippen molar-refractivity contribution in [2.45, 2.75) is 70.5 Å². The largest absolute Gasteiger partial charge is 0.481 e. The predicted octanol–water partition coefficient (Wildman–Crippen LogP) is 2.49. The Morgan fingerprint density at radius 3 is 2.68 bits per heavy atom. The van der Waals surface area contributed by atoms with E-state index in [1.54, 1.807) is 0 Å². The van der Waals surface area contributed by atoms with Gasteiger partial charge in [0.1, 0.15) is 0 Å². The Bertz CT molecular complexity index is 311. The highest BCUT2D eigenvalue weighted by atomic mass is 16.4. The molecule has 19 heavy (non-hydrogen) atoms. The molecule has 1 aliphatic rings. The highest BCUT2D eigenvalue weighted by molar-refractivity contribution is 5.68. The lowest BCUT2D eigenvalue weighted by Crippen LogP contribution is -2.25. The van der Waals surface area contributed by atoms with Crippen molar-refractivity contribution in [2.75, 3.05) is 0 Å². The van der Waals surface area contributed by atoms with Gasteiger partial charge in [0.2, 0.25) is 0 Å². The number of aliphatic hydroxyl groups excluding tert-OH is 2. The number of rotatable bonds is 9. The lowest BCUT2D eigenvalue weighted by Gasteiger charge is -2.21. The average molecular weight is 270 g/mol. The highest BCUT2D eigenvalue weighted by Crippen LogP contribution is 2.33. The van der Waals surface area contributed by atoms with E-state index in [-0.39, 0.29) is 6.42 Å². The molecule has 0 spiro atoms. The molecule has 3 unspecified atom stereocenters. The minimum Gasteiger partial charge on any atom is -0.481 e. The van der Waals surface area contributed by atoms with E-state index in [1.165, 1.54) is 19.3 Å². The first kappa shape index (κ1) is 16.2. The van der Waals surface area contributed by atoms with Gasteiger partial charge in [-0.1, -0.05) is 45.1 Å². The molecule has 3 atom stereocenters. The molecule has 110 valence electrons. The van der Waals surface area contributed by atoms with E-state index in [0.29, 0.717) is 12.8 Å². The van der Waals surface area contributed by atoms with Crippen LogP contribution in [0.3, 0.4) is 0 Å². The van der Waals surface area contributed by atoms with E-state index in [2.05, 4.69) is 6.92 Å². The lowest BCUT2D eigenvalue weighted by molar-refractivity contribution is -0.138. The second-order valence-electron chi connectivity index (χ2n) is 5.43. The summed E-state index contributed by atoms with van der Waals surface area (Å²) in [5.41, 5.74) is 0.727. The molecule has 0 aromatic carbocycles. The summed E-state index contributed by atoms with van der Waals surface area (Å²) in [5.74, 6) is -1.34. The maximum atomic E-state index is 10.8. The molecule has 4 heteroatoms. The van der Waals surface area contributed by atoms with E-state index in [4.69, 9.17) is 5.11 Å². The normalized spacial score (nSPS) is 24.3. The second-order valence-corrected chi connectivity index (χ2v) is 5.43. The van der Waals surface area contributed by atoms with E-state index < -0.39 is 24.1 Å². The molecule has 3 N–H and O–H groups in total. The van der Waals surface area contributed by atoms with Gasteiger partial charge in [0, 0.05) is 5.92 Å². The third-order valence-electron chi connectivity index (χ3n) is 3.85. The van der Waals surface area contributed by atoms with Crippen molar-refractivity contribution < 1.29 is 20.1 Å². The van der Waals surface area contributed by atoms with Crippen molar-refractivity contribution in [1.29, 1.82) is 0 Å². The average Bonchev–Trinajstić information content (AvgIpc) is 2.70. The number of aliphatic hydroxyl groups is 2. The molecule has 0 aromatic rings. The predicted molar refractivity (Wildman–Crippen MR) is 73.8 cm³/mol.